The third-order valence-electron chi connectivity index (χ3n) is 5.17. The first-order chi connectivity index (χ1) is 14.7. The number of rotatable bonds is 6. The second-order valence-corrected chi connectivity index (χ2v) is 7.92. The summed E-state index contributed by atoms with van der Waals surface area (Å²) in [6.45, 7) is 2.84. The van der Waals surface area contributed by atoms with Crippen LogP contribution in [0.5, 0.6) is 5.75 Å². The Kier molecular flexibility index (Phi) is 4.98. The third-order valence-corrected chi connectivity index (χ3v) is 5.17. The molecule has 0 unspecified atom stereocenters. The van der Waals surface area contributed by atoms with Gasteiger partial charge in [-0.1, -0.05) is 12.1 Å². The first kappa shape index (κ1) is 20.5. The average Bonchev–Trinajstić information content (AvgIpc) is 3.11. The molecule has 0 aromatic heterocycles. The van der Waals surface area contributed by atoms with Crippen molar-refractivity contribution in [2.45, 2.75) is 25.5 Å². The summed E-state index contributed by atoms with van der Waals surface area (Å²) in [5.74, 6) is -0.791. The van der Waals surface area contributed by atoms with Gasteiger partial charge >= 0.3 is 6.03 Å². The number of nitrogens with zero attached hydrogens (tertiary/aromatic N) is 2. The van der Waals surface area contributed by atoms with E-state index in [1.165, 1.54) is 0 Å². The van der Waals surface area contributed by atoms with Crippen LogP contribution in [-0.4, -0.2) is 58.6 Å². The molecule has 1 atom stereocenters. The zero-order valence-electron chi connectivity index (χ0n) is 17.0. The Morgan fingerprint density at radius 2 is 1.55 bits per heavy atom. The molecular formula is C22H21N3O6. The van der Waals surface area contributed by atoms with Crippen LogP contribution >= 0.6 is 0 Å². The number of ether oxygens (including phenoxy) is 1. The predicted molar refractivity (Wildman–Crippen MR) is 110 cm³/mol. The predicted octanol–water partition coefficient (Wildman–Crippen LogP) is 1.56. The van der Waals surface area contributed by atoms with E-state index < -0.39 is 23.6 Å². The first-order valence-electron chi connectivity index (χ1n) is 9.72. The molecule has 2 aliphatic rings. The lowest BCUT2D eigenvalue weighted by atomic mass is 10.1. The molecule has 9 nitrogen and oxygen atoms in total. The summed E-state index contributed by atoms with van der Waals surface area (Å²) in [4.78, 5) is 51.2. The number of β-amino-alcohol motifs (C(OH)–C–C–N with tert-alkyl or cyclic N) is 1. The van der Waals surface area contributed by atoms with Gasteiger partial charge in [0, 0.05) is 0 Å². The molecule has 0 bridgehead atoms. The lowest BCUT2D eigenvalue weighted by molar-refractivity contribution is -0.131. The standard InChI is InChI=1S/C22H21N3O6/c1-22(2)20(29)24(21(30)23-22)11-14(26)12-31-15-9-7-13(8-10-15)25-18(27)16-5-3-4-6-17(16)19(25)28/h3-10,14,26H,11-12H2,1-2H3,(H,23,30)/t14-/m1/s1. The summed E-state index contributed by atoms with van der Waals surface area (Å²) in [6, 6.07) is 12.4. The molecule has 0 aliphatic carbocycles. The van der Waals surface area contributed by atoms with Crippen molar-refractivity contribution in [2.75, 3.05) is 18.1 Å². The number of nitrogens with one attached hydrogen (secondary N) is 1. The lowest BCUT2D eigenvalue weighted by Gasteiger charge is -2.19. The maximum atomic E-state index is 12.5. The van der Waals surface area contributed by atoms with Crippen molar-refractivity contribution in [1.29, 1.82) is 0 Å². The molecule has 31 heavy (non-hydrogen) atoms. The van der Waals surface area contributed by atoms with Gasteiger partial charge in [0.25, 0.3) is 17.7 Å². The summed E-state index contributed by atoms with van der Waals surface area (Å²) in [7, 11) is 0. The summed E-state index contributed by atoms with van der Waals surface area (Å²) in [6.07, 6.45) is -1.08. The van der Waals surface area contributed by atoms with Gasteiger partial charge < -0.3 is 15.2 Å². The number of fused-ring (bicyclic) bond motifs is 1. The van der Waals surface area contributed by atoms with Crippen molar-refractivity contribution in [1.82, 2.24) is 10.2 Å². The van der Waals surface area contributed by atoms with Crippen LogP contribution in [0.4, 0.5) is 10.5 Å². The second kappa shape index (κ2) is 7.51. The minimum atomic E-state index is -1.08. The van der Waals surface area contributed by atoms with E-state index in [-0.39, 0.29) is 25.0 Å². The van der Waals surface area contributed by atoms with Gasteiger partial charge in [0.15, 0.2) is 0 Å². The van der Waals surface area contributed by atoms with Crippen molar-refractivity contribution in [2.24, 2.45) is 0 Å². The Hall–Kier alpha value is -3.72. The lowest BCUT2D eigenvalue weighted by Crippen LogP contribution is -2.42. The van der Waals surface area contributed by atoms with Crippen molar-refractivity contribution in [3.63, 3.8) is 0 Å². The molecular weight excluding hydrogens is 402 g/mol. The number of imide groups is 2. The van der Waals surface area contributed by atoms with Crippen LogP contribution in [0.25, 0.3) is 0 Å². The maximum Gasteiger partial charge on any atom is 0.325 e. The van der Waals surface area contributed by atoms with Crippen LogP contribution in [0.2, 0.25) is 0 Å². The van der Waals surface area contributed by atoms with Crippen LogP contribution in [0.3, 0.4) is 0 Å². The molecule has 1 saturated heterocycles. The Bertz CT molecular complexity index is 1040. The van der Waals surface area contributed by atoms with Crippen LogP contribution in [0.1, 0.15) is 34.6 Å². The summed E-state index contributed by atoms with van der Waals surface area (Å²) >= 11 is 0. The number of carbonyl (C=O) groups is 4. The molecule has 160 valence electrons. The highest BCUT2D eigenvalue weighted by Crippen LogP contribution is 2.29. The molecule has 5 amide bonds. The largest absolute Gasteiger partial charge is 0.491 e. The number of hydrogen-bond donors (Lipinski definition) is 2. The third kappa shape index (κ3) is 3.64. The van der Waals surface area contributed by atoms with Crippen molar-refractivity contribution < 1.29 is 29.0 Å². The van der Waals surface area contributed by atoms with Crippen LogP contribution in [-0.2, 0) is 4.79 Å². The topological polar surface area (TPSA) is 116 Å². The van der Waals surface area contributed by atoms with Gasteiger partial charge in [-0.2, -0.15) is 0 Å². The Balaban J connectivity index is 1.37. The SMILES string of the molecule is CC1(C)NC(=O)N(C[C@@H](O)COc2ccc(N3C(=O)c4ccccc4C3=O)cc2)C1=O. The van der Waals surface area contributed by atoms with Crippen LogP contribution < -0.4 is 15.0 Å². The molecule has 1 fully saturated rings. The highest BCUT2D eigenvalue weighted by Gasteiger charge is 2.44. The second-order valence-electron chi connectivity index (χ2n) is 7.92. The molecule has 0 saturated carbocycles. The summed E-state index contributed by atoms with van der Waals surface area (Å²) in [5.41, 5.74) is 0.123. The van der Waals surface area contributed by atoms with E-state index >= 15 is 0 Å². The molecule has 0 spiro atoms. The quantitative estimate of drug-likeness (QED) is 0.538. The Labute approximate surface area is 178 Å². The van der Waals surface area contributed by atoms with Gasteiger partial charge in [0.1, 0.15) is 24.0 Å². The van der Waals surface area contributed by atoms with E-state index in [4.69, 9.17) is 4.74 Å². The van der Waals surface area contributed by atoms with Gasteiger partial charge in [-0.05, 0) is 50.2 Å². The van der Waals surface area contributed by atoms with Crippen molar-refractivity contribution in [3.8, 4) is 5.75 Å². The van der Waals surface area contributed by atoms with Gasteiger partial charge in [-0.3, -0.25) is 19.3 Å². The van der Waals surface area contributed by atoms with Crippen LogP contribution in [0, 0.1) is 0 Å². The molecule has 2 aromatic rings. The minimum absolute atomic E-state index is 0.149. The fraction of sp³-hybridized carbons (Fsp3) is 0.273. The van der Waals surface area contributed by atoms with Crippen molar-refractivity contribution >= 4 is 29.4 Å². The normalized spacial score (nSPS) is 18.3. The van der Waals surface area contributed by atoms with E-state index in [2.05, 4.69) is 5.32 Å². The smallest absolute Gasteiger partial charge is 0.325 e. The van der Waals surface area contributed by atoms with Crippen LogP contribution in [0.15, 0.2) is 48.5 Å². The number of urea groups is 1. The van der Waals surface area contributed by atoms with Crippen molar-refractivity contribution in [3.05, 3.63) is 59.7 Å². The fourth-order valence-corrected chi connectivity index (χ4v) is 3.55. The monoisotopic (exact) mass is 423 g/mol. The molecule has 2 aromatic carbocycles. The van der Waals surface area contributed by atoms with E-state index in [1.807, 2.05) is 0 Å². The molecule has 9 heteroatoms. The molecule has 2 N–H and O–H groups in total. The zero-order valence-corrected chi connectivity index (χ0v) is 17.0. The maximum absolute atomic E-state index is 12.5. The molecule has 2 heterocycles. The number of hydrogen-bond acceptors (Lipinski definition) is 6. The van der Waals surface area contributed by atoms with E-state index in [0.29, 0.717) is 22.6 Å². The number of amides is 5. The number of anilines is 1. The summed E-state index contributed by atoms with van der Waals surface area (Å²) in [5, 5.41) is 12.7. The van der Waals surface area contributed by atoms with Gasteiger partial charge in [-0.15, -0.1) is 0 Å². The average molecular weight is 423 g/mol. The highest BCUT2D eigenvalue weighted by molar-refractivity contribution is 6.34. The minimum Gasteiger partial charge on any atom is -0.491 e. The first-order valence-corrected chi connectivity index (χ1v) is 9.72. The molecule has 0 radical (unpaired) electrons. The fourth-order valence-electron chi connectivity index (χ4n) is 3.55. The molecule has 4 rings (SSSR count). The van der Waals surface area contributed by atoms with Gasteiger partial charge in [-0.25, -0.2) is 9.69 Å². The molecule has 2 aliphatic heterocycles. The number of aliphatic hydroxyl groups is 1. The number of aliphatic hydroxyl groups excluding tert-OH is 1. The Morgan fingerprint density at radius 1 is 0.968 bits per heavy atom. The number of carbonyl (C=O) groups excluding carboxylic acids is 4. The highest BCUT2D eigenvalue weighted by atomic mass is 16.5. The van der Waals surface area contributed by atoms with E-state index in [9.17, 15) is 24.3 Å². The summed E-state index contributed by atoms with van der Waals surface area (Å²) < 4.78 is 5.53. The van der Waals surface area contributed by atoms with Gasteiger partial charge in [0.2, 0.25) is 0 Å². The zero-order chi connectivity index (χ0) is 22.3. The number of benzene rings is 2. The van der Waals surface area contributed by atoms with E-state index in [1.54, 1.807) is 62.4 Å². The Morgan fingerprint density at radius 3 is 2.06 bits per heavy atom. The van der Waals surface area contributed by atoms with E-state index in [0.717, 1.165) is 9.80 Å². The van der Waals surface area contributed by atoms with Gasteiger partial charge in [0.05, 0.1) is 23.4 Å².